The maximum absolute atomic E-state index is 2.47. The molecule has 64 heavy (non-hydrogen) atoms. The molecule has 1 heterocycles. The maximum atomic E-state index is 2.47. The molecule has 0 saturated carbocycles. The number of thiophene rings is 1. The fourth-order valence-corrected chi connectivity index (χ4v) is 11.5. The number of rotatable bonds is 6. The molecule has 1 nitrogen and oxygen atoms in total. The van der Waals surface area contributed by atoms with Gasteiger partial charge in [-0.15, -0.1) is 11.3 Å². The van der Waals surface area contributed by atoms with Crippen molar-refractivity contribution in [2.75, 3.05) is 4.90 Å². The van der Waals surface area contributed by atoms with Gasteiger partial charge < -0.3 is 4.90 Å². The second-order valence-corrected chi connectivity index (χ2v) is 17.8. The number of fused-ring (bicyclic) bond motifs is 10. The summed E-state index contributed by atoms with van der Waals surface area (Å²) in [5, 5.41) is 15.1. The van der Waals surface area contributed by atoms with E-state index in [2.05, 4.69) is 241 Å². The minimum atomic E-state index is 1.10. The van der Waals surface area contributed by atoms with Gasteiger partial charge in [0.05, 0.1) is 5.69 Å². The van der Waals surface area contributed by atoms with Crippen molar-refractivity contribution in [2.45, 2.75) is 0 Å². The van der Waals surface area contributed by atoms with Gasteiger partial charge in [-0.2, -0.15) is 0 Å². The van der Waals surface area contributed by atoms with E-state index in [1.807, 2.05) is 11.3 Å². The van der Waals surface area contributed by atoms with Gasteiger partial charge in [0.25, 0.3) is 0 Å². The third-order valence-corrected chi connectivity index (χ3v) is 14.5. The molecule has 0 fully saturated rings. The lowest BCUT2D eigenvalue weighted by atomic mass is 9.90. The average molecular weight is 830 g/mol. The van der Waals surface area contributed by atoms with Crippen LogP contribution >= 0.6 is 11.3 Å². The summed E-state index contributed by atoms with van der Waals surface area (Å²) in [4.78, 5) is 2.47. The zero-order valence-electron chi connectivity index (χ0n) is 34.9. The Kier molecular flexibility index (Phi) is 8.47. The Hall–Kier alpha value is -8.04. The number of hydrogen-bond acceptors (Lipinski definition) is 2. The first-order chi connectivity index (χ1) is 31.7. The Bertz CT molecular complexity index is 3960. The second-order valence-electron chi connectivity index (χ2n) is 16.8. The predicted octanol–water partition coefficient (Wildman–Crippen LogP) is 18.3. The quantitative estimate of drug-likeness (QED) is 0.151. The van der Waals surface area contributed by atoms with E-state index in [-0.39, 0.29) is 0 Å². The molecule has 0 unspecified atom stereocenters. The molecule has 0 aliphatic rings. The topological polar surface area (TPSA) is 3.24 Å². The first kappa shape index (κ1) is 36.6. The summed E-state index contributed by atoms with van der Waals surface area (Å²) in [7, 11) is 0. The summed E-state index contributed by atoms with van der Waals surface area (Å²) in [5.74, 6) is 0. The third-order valence-electron chi connectivity index (χ3n) is 13.2. The maximum Gasteiger partial charge on any atom is 0.0540 e. The molecule has 0 saturated heterocycles. The van der Waals surface area contributed by atoms with E-state index in [9.17, 15) is 0 Å². The van der Waals surface area contributed by atoms with Gasteiger partial charge >= 0.3 is 0 Å². The molecule has 0 bridgehead atoms. The van der Waals surface area contributed by atoms with E-state index >= 15 is 0 Å². The highest BCUT2D eigenvalue weighted by Gasteiger charge is 2.20. The number of nitrogens with zero attached hydrogens (tertiary/aromatic N) is 1. The molecule has 0 aliphatic carbocycles. The van der Waals surface area contributed by atoms with Crippen LogP contribution in [0.25, 0.3) is 107 Å². The lowest BCUT2D eigenvalue weighted by Gasteiger charge is -2.28. The average Bonchev–Trinajstić information content (AvgIpc) is 3.75. The summed E-state index contributed by atoms with van der Waals surface area (Å²) in [5.41, 5.74) is 10.7. The highest BCUT2D eigenvalue weighted by molar-refractivity contribution is 7.26. The number of hydrogen-bond donors (Lipinski definition) is 0. The molecule has 0 atom stereocenters. The molecule has 0 N–H and O–H groups in total. The van der Waals surface area contributed by atoms with Crippen LogP contribution in [0.3, 0.4) is 0 Å². The van der Waals surface area contributed by atoms with Crippen molar-refractivity contribution >= 4 is 102 Å². The SMILES string of the molecule is c1ccc(-c2ccc(-c3ccc(N(c4ccc5sc6c7ccccc7ccc6c5c4)c4cccc5c(-c6cc7ccccc7c7ccccc67)cccc45)cc3)c3ccccc23)cc1. The monoisotopic (exact) mass is 829 g/mol. The van der Waals surface area contributed by atoms with Crippen molar-refractivity contribution in [3.8, 4) is 33.4 Å². The molecule has 0 spiro atoms. The number of anilines is 3. The molecule has 0 radical (unpaired) electrons. The van der Waals surface area contributed by atoms with Crippen LogP contribution in [0.5, 0.6) is 0 Å². The predicted molar refractivity (Wildman–Crippen MR) is 278 cm³/mol. The van der Waals surface area contributed by atoms with Crippen molar-refractivity contribution in [1.82, 2.24) is 0 Å². The zero-order valence-corrected chi connectivity index (χ0v) is 35.7. The molecule has 1 aromatic heterocycles. The van der Waals surface area contributed by atoms with E-state index in [0.29, 0.717) is 0 Å². The van der Waals surface area contributed by atoms with Crippen LogP contribution in [0.4, 0.5) is 17.1 Å². The van der Waals surface area contributed by atoms with Gasteiger partial charge in [0, 0.05) is 36.9 Å². The van der Waals surface area contributed by atoms with Gasteiger partial charge in [0.1, 0.15) is 0 Å². The summed E-state index contributed by atoms with van der Waals surface area (Å²) >= 11 is 1.89. The van der Waals surface area contributed by atoms with Gasteiger partial charge in [0.15, 0.2) is 0 Å². The fourth-order valence-electron chi connectivity index (χ4n) is 10.3. The van der Waals surface area contributed by atoms with Crippen LogP contribution in [0, 0.1) is 0 Å². The first-order valence-electron chi connectivity index (χ1n) is 22.0. The molecule has 13 aromatic rings. The Morgan fingerprint density at radius 1 is 0.266 bits per heavy atom. The fraction of sp³-hybridized carbons (Fsp3) is 0. The molecule has 12 aromatic carbocycles. The lowest BCUT2D eigenvalue weighted by Crippen LogP contribution is -2.10. The van der Waals surface area contributed by atoms with Crippen molar-refractivity contribution in [3.05, 3.63) is 237 Å². The number of benzene rings is 12. The van der Waals surface area contributed by atoms with Gasteiger partial charge in [0.2, 0.25) is 0 Å². The summed E-state index contributed by atoms with van der Waals surface area (Å²) in [6.45, 7) is 0. The smallest absolute Gasteiger partial charge is 0.0540 e. The van der Waals surface area contributed by atoms with Crippen molar-refractivity contribution in [2.24, 2.45) is 0 Å². The van der Waals surface area contributed by atoms with E-state index in [4.69, 9.17) is 0 Å². The van der Waals surface area contributed by atoms with Gasteiger partial charge in [-0.25, -0.2) is 0 Å². The normalized spacial score (nSPS) is 11.8. The summed E-state index contributed by atoms with van der Waals surface area (Å²) < 4.78 is 2.63. The van der Waals surface area contributed by atoms with Gasteiger partial charge in [-0.3, -0.25) is 0 Å². The zero-order chi connectivity index (χ0) is 42.1. The molecular weight excluding hydrogens is 791 g/mol. The molecule has 0 amide bonds. The Balaban J connectivity index is 1.01. The van der Waals surface area contributed by atoms with Crippen LogP contribution in [0.2, 0.25) is 0 Å². The van der Waals surface area contributed by atoms with Crippen molar-refractivity contribution < 1.29 is 0 Å². The molecule has 2 heteroatoms. The van der Waals surface area contributed by atoms with E-state index in [1.54, 1.807) is 0 Å². The van der Waals surface area contributed by atoms with Crippen molar-refractivity contribution in [3.63, 3.8) is 0 Å². The Morgan fingerprint density at radius 2 is 0.828 bits per heavy atom. The van der Waals surface area contributed by atoms with Crippen LogP contribution in [0.15, 0.2) is 237 Å². The summed E-state index contributed by atoms with van der Waals surface area (Å²) in [6.07, 6.45) is 0. The first-order valence-corrected chi connectivity index (χ1v) is 22.8. The van der Waals surface area contributed by atoms with E-state index < -0.39 is 0 Å². The van der Waals surface area contributed by atoms with Crippen molar-refractivity contribution in [1.29, 1.82) is 0 Å². The van der Waals surface area contributed by atoms with Crippen LogP contribution in [0.1, 0.15) is 0 Å². The van der Waals surface area contributed by atoms with Crippen LogP contribution in [-0.4, -0.2) is 0 Å². The lowest BCUT2D eigenvalue weighted by molar-refractivity contribution is 1.30. The van der Waals surface area contributed by atoms with E-state index in [1.165, 1.54) is 107 Å². The minimum absolute atomic E-state index is 1.10. The van der Waals surface area contributed by atoms with Crippen LogP contribution in [-0.2, 0) is 0 Å². The van der Waals surface area contributed by atoms with Gasteiger partial charge in [-0.05, 0) is 124 Å². The van der Waals surface area contributed by atoms with E-state index in [0.717, 1.165) is 17.1 Å². The largest absolute Gasteiger partial charge is 0.310 e. The highest BCUT2D eigenvalue weighted by atomic mass is 32.1. The highest BCUT2D eigenvalue weighted by Crippen LogP contribution is 2.47. The minimum Gasteiger partial charge on any atom is -0.310 e. The standard InChI is InChI=1S/C62H39NS/c1-2-14-40(15-3-1)47-35-36-48(52-22-9-8-21-51(47)52)42-28-31-44(32-29-42)63(45-33-37-61-59(39-45)57-34-30-41-16-4-7-19-49(41)62(57)64-61)60-27-13-25-53-55(24-12-26-56(53)60)58-38-43-17-5-6-18-46(43)50-20-10-11-23-54(50)58/h1-39H. The Labute approximate surface area is 375 Å². The third kappa shape index (κ3) is 5.84. The second kappa shape index (κ2) is 14.8. The Morgan fingerprint density at radius 3 is 1.59 bits per heavy atom. The molecule has 13 rings (SSSR count). The molecular formula is C62H39NS. The summed E-state index contributed by atoms with van der Waals surface area (Å²) in [6, 6.07) is 87.3. The van der Waals surface area contributed by atoms with Crippen LogP contribution < -0.4 is 4.90 Å². The van der Waals surface area contributed by atoms with Gasteiger partial charge in [-0.1, -0.05) is 194 Å². The molecule has 298 valence electrons. The molecule has 0 aliphatic heterocycles.